The Hall–Kier alpha value is -2.08. The Kier molecular flexibility index (Phi) is 1.90. The van der Waals surface area contributed by atoms with Crippen LogP contribution in [0.3, 0.4) is 0 Å². The lowest BCUT2D eigenvalue weighted by Gasteiger charge is -2.09. The Morgan fingerprint density at radius 3 is 2.39 bits per heavy atom. The molecule has 1 aliphatic carbocycles. The third-order valence-corrected chi connectivity index (χ3v) is 4.00. The number of fused-ring (bicyclic) bond motifs is 5. The van der Waals surface area contributed by atoms with Crippen molar-refractivity contribution >= 4 is 10.8 Å². The second kappa shape index (κ2) is 3.46. The van der Waals surface area contributed by atoms with Gasteiger partial charge in [-0.2, -0.15) is 0 Å². The predicted molar refractivity (Wildman–Crippen MR) is 76.9 cm³/mol. The van der Waals surface area contributed by atoms with Gasteiger partial charge in [-0.25, -0.2) is 0 Å². The lowest BCUT2D eigenvalue weighted by atomic mass is 9.95. The summed E-state index contributed by atoms with van der Waals surface area (Å²) in [4.78, 5) is 0. The molecule has 0 N–H and O–H groups in total. The van der Waals surface area contributed by atoms with Crippen LogP contribution in [0.15, 0.2) is 54.6 Å². The molecule has 0 aliphatic heterocycles. The van der Waals surface area contributed by atoms with Crippen LogP contribution < -0.4 is 0 Å². The number of benzene rings is 3. The van der Waals surface area contributed by atoms with E-state index < -0.39 is 0 Å². The Morgan fingerprint density at radius 2 is 1.50 bits per heavy atom. The Balaban J connectivity index is 2.19. The molecule has 18 heavy (non-hydrogen) atoms. The van der Waals surface area contributed by atoms with E-state index in [-0.39, 0.29) is 0 Å². The summed E-state index contributed by atoms with van der Waals surface area (Å²) in [5, 5.41) is 2.78. The molecule has 0 saturated heterocycles. The smallest absolute Gasteiger partial charge is 0.00131 e. The van der Waals surface area contributed by atoms with Crippen LogP contribution in [0, 0.1) is 6.92 Å². The minimum absolute atomic E-state index is 1.08. The van der Waals surface area contributed by atoms with Crippen LogP contribution in [0.1, 0.15) is 16.7 Å². The fraction of sp³-hybridized carbons (Fsp3) is 0.111. The van der Waals surface area contributed by atoms with Gasteiger partial charge in [0.15, 0.2) is 0 Å². The first-order chi connectivity index (χ1) is 8.84. The SMILES string of the molecule is Cc1cc2c(c3ccccc13)-c1ccccc1C2. The predicted octanol–water partition coefficient (Wildman–Crippen LogP) is 4.72. The topological polar surface area (TPSA) is 0 Å². The van der Waals surface area contributed by atoms with E-state index in [0.29, 0.717) is 0 Å². The van der Waals surface area contributed by atoms with Crippen LogP contribution in [-0.4, -0.2) is 0 Å². The molecule has 0 radical (unpaired) electrons. The monoisotopic (exact) mass is 230 g/mol. The highest BCUT2D eigenvalue weighted by molar-refractivity contribution is 6.02. The van der Waals surface area contributed by atoms with Crippen molar-refractivity contribution in [1.82, 2.24) is 0 Å². The molecule has 0 amide bonds. The molecule has 86 valence electrons. The second-order valence-electron chi connectivity index (χ2n) is 5.11. The Morgan fingerprint density at radius 1 is 0.778 bits per heavy atom. The first-order valence-electron chi connectivity index (χ1n) is 6.44. The van der Waals surface area contributed by atoms with Gasteiger partial charge in [0.1, 0.15) is 0 Å². The van der Waals surface area contributed by atoms with Gasteiger partial charge in [0, 0.05) is 0 Å². The molecule has 3 aromatic rings. The molecular formula is C18H14. The molecule has 0 nitrogen and oxygen atoms in total. The van der Waals surface area contributed by atoms with Gasteiger partial charge in [0.2, 0.25) is 0 Å². The van der Waals surface area contributed by atoms with E-state index in [1.807, 2.05) is 0 Å². The largest absolute Gasteiger partial charge is 0.0619 e. The van der Waals surface area contributed by atoms with E-state index in [2.05, 4.69) is 61.5 Å². The van der Waals surface area contributed by atoms with Gasteiger partial charge in [-0.05, 0) is 51.9 Å². The molecule has 0 heteroatoms. The average Bonchev–Trinajstić information content (AvgIpc) is 2.77. The van der Waals surface area contributed by atoms with Gasteiger partial charge >= 0.3 is 0 Å². The van der Waals surface area contributed by atoms with Crippen molar-refractivity contribution in [2.45, 2.75) is 13.3 Å². The third kappa shape index (κ3) is 1.20. The number of rotatable bonds is 0. The van der Waals surface area contributed by atoms with Crippen molar-refractivity contribution in [3.05, 3.63) is 71.3 Å². The number of hydrogen-bond acceptors (Lipinski definition) is 0. The summed E-state index contributed by atoms with van der Waals surface area (Å²) in [5.41, 5.74) is 7.20. The average molecular weight is 230 g/mol. The van der Waals surface area contributed by atoms with Gasteiger partial charge in [0.05, 0.1) is 0 Å². The summed E-state index contributed by atoms with van der Waals surface area (Å²) < 4.78 is 0. The molecule has 0 unspecified atom stereocenters. The summed E-state index contributed by atoms with van der Waals surface area (Å²) in [7, 11) is 0. The fourth-order valence-corrected chi connectivity index (χ4v) is 3.21. The van der Waals surface area contributed by atoms with Gasteiger partial charge in [-0.15, -0.1) is 0 Å². The molecule has 0 spiro atoms. The van der Waals surface area contributed by atoms with Gasteiger partial charge in [-0.1, -0.05) is 54.6 Å². The van der Waals surface area contributed by atoms with E-state index >= 15 is 0 Å². The van der Waals surface area contributed by atoms with Crippen LogP contribution in [0.4, 0.5) is 0 Å². The maximum atomic E-state index is 2.36. The molecular weight excluding hydrogens is 216 g/mol. The lowest BCUT2D eigenvalue weighted by molar-refractivity contribution is 1.26. The highest BCUT2D eigenvalue weighted by atomic mass is 14.2. The first-order valence-corrected chi connectivity index (χ1v) is 6.44. The summed E-state index contributed by atoms with van der Waals surface area (Å²) >= 11 is 0. The maximum absolute atomic E-state index is 2.36. The van der Waals surface area contributed by atoms with Crippen LogP contribution >= 0.6 is 0 Å². The zero-order chi connectivity index (χ0) is 12.1. The summed E-state index contributed by atoms with van der Waals surface area (Å²) in [6, 6.07) is 19.9. The fourth-order valence-electron chi connectivity index (χ4n) is 3.21. The number of hydrogen-bond donors (Lipinski definition) is 0. The maximum Gasteiger partial charge on any atom is -0.00131 e. The van der Waals surface area contributed by atoms with Crippen molar-refractivity contribution in [2.75, 3.05) is 0 Å². The minimum Gasteiger partial charge on any atom is -0.0619 e. The van der Waals surface area contributed by atoms with Gasteiger partial charge in [-0.3, -0.25) is 0 Å². The molecule has 0 atom stereocenters. The van der Waals surface area contributed by atoms with Crippen molar-refractivity contribution in [3.8, 4) is 11.1 Å². The van der Waals surface area contributed by atoms with Crippen LogP contribution in [0.2, 0.25) is 0 Å². The van der Waals surface area contributed by atoms with Crippen molar-refractivity contribution in [3.63, 3.8) is 0 Å². The quantitative estimate of drug-likeness (QED) is 0.410. The molecule has 0 saturated carbocycles. The molecule has 1 aliphatic rings. The van der Waals surface area contributed by atoms with Crippen molar-refractivity contribution in [1.29, 1.82) is 0 Å². The van der Waals surface area contributed by atoms with E-state index in [1.54, 1.807) is 0 Å². The van der Waals surface area contributed by atoms with Crippen LogP contribution in [0.25, 0.3) is 21.9 Å². The normalized spacial score (nSPS) is 12.5. The highest BCUT2D eigenvalue weighted by Gasteiger charge is 2.20. The molecule has 3 aromatic carbocycles. The van der Waals surface area contributed by atoms with E-state index in [9.17, 15) is 0 Å². The number of aryl methyl sites for hydroxylation is 1. The van der Waals surface area contributed by atoms with Crippen LogP contribution in [0.5, 0.6) is 0 Å². The van der Waals surface area contributed by atoms with Crippen LogP contribution in [-0.2, 0) is 6.42 Å². The minimum atomic E-state index is 1.08. The molecule has 0 aromatic heterocycles. The summed E-state index contributed by atoms with van der Waals surface area (Å²) in [5.74, 6) is 0. The molecule has 0 heterocycles. The van der Waals surface area contributed by atoms with Crippen molar-refractivity contribution < 1.29 is 0 Å². The molecule has 0 bridgehead atoms. The third-order valence-electron chi connectivity index (χ3n) is 4.00. The molecule has 0 fully saturated rings. The van der Waals surface area contributed by atoms with Crippen molar-refractivity contribution in [2.24, 2.45) is 0 Å². The summed E-state index contributed by atoms with van der Waals surface area (Å²) in [6.45, 7) is 2.21. The zero-order valence-corrected chi connectivity index (χ0v) is 10.4. The van der Waals surface area contributed by atoms with Gasteiger partial charge < -0.3 is 0 Å². The van der Waals surface area contributed by atoms with E-state index in [0.717, 1.165) is 6.42 Å². The second-order valence-corrected chi connectivity index (χ2v) is 5.11. The zero-order valence-electron chi connectivity index (χ0n) is 10.4. The Bertz CT molecular complexity index is 766. The van der Waals surface area contributed by atoms with E-state index in [4.69, 9.17) is 0 Å². The highest BCUT2D eigenvalue weighted by Crippen LogP contribution is 2.42. The molecule has 4 rings (SSSR count). The van der Waals surface area contributed by atoms with E-state index in [1.165, 1.54) is 38.6 Å². The lowest BCUT2D eigenvalue weighted by Crippen LogP contribution is -1.86. The summed E-state index contributed by atoms with van der Waals surface area (Å²) in [6.07, 6.45) is 1.08. The van der Waals surface area contributed by atoms with Gasteiger partial charge in [0.25, 0.3) is 0 Å². The Labute approximate surface area is 107 Å². The first kappa shape index (κ1) is 9.90. The standard InChI is InChI=1S/C18H14/c1-12-10-14-11-13-6-2-3-8-16(13)18(14)17-9-5-4-7-15(12)17/h2-10H,11H2,1H3.